The molecule has 1 atom stereocenters. The Hall–Kier alpha value is -0.0800. The topological polar surface area (TPSA) is 18.5 Å². The molecule has 0 amide bonds. The Balaban J connectivity index is 3.07. The van der Waals surface area contributed by atoms with Gasteiger partial charge in [-0.25, -0.2) is 0 Å². The lowest BCUT2D eigenvalue weighted by Crippen LogP contribution is -2.11. The Morgan fingerprint density at radius 3 is 2.25 bits per heavy atom. The minimum atomic E-state index is -0.111. The standard InChI is InChI=1S/C6H13O2/c1-4-6(7-3)8-5-2/h6H,3-5H2,1-2H3. The van der Waals surface area contributed by atoms with Crippen LogP contribution in [0.25, 0.3) is 0 Å². The van der Waals surface area contributed by atoms with Gasteiger partial charge in [0.25, 0.3) is 0 Å². The zero-order chi connectivity index (χ0) is 6.41. The molecule has 0 aliphatic heterocycles. The molecule has 2 nitrogen and oxygen atoms in total. The molecule has 0 bridgehead atoms. The fourth-order valence-electron chi connectivity index (χ4n) is 0.470. The van der Waals surface area contributed by atoms with E-state index in [-0.39, 0.29) is 6.29 Å². The molecule has 0 heterocycles. The van der Waals surface area contributed by atoms with E-state index in [1.165, 1.54) is 0 Å². The van der Waals surface area contributed by atoms with E-state index in [4.69, 9.17) is 4.74 Å². The zero-order valence-electron chi connectivity index (χ0n) is 5.52. The third-order valence-corrected chi connectivity index (χ3v) is 0.872. The summed E-state index contributed by atoms with van der Waals surface area (Å²) in [4.78, 5) is 0. The second-order valence-corrected chi connectivity index (χ2v) is 1.46. The van der Waals surface area contributed by atoms with E-state index in [0.29, 0.717) is 6.61 Å². The summed E-state index contributed by atoms with van der Waals surface area (Å²) < 4.78 is 9.72. The molecule has 0 aliphatic rings. The van der Waals surface area contributed by atoms with Crippen LogP contribution in [0.3, 0.4) is 0 Å². The molecule has 49 valence electrons. The maximum absolute atomic E-state index is 5.06. The fraction of sp³-hybridized carbons (Fsp3) is 0.833. The molecule has 2 heteroatoms. The third-order valence-electron chi connectivity index (χ3n) is 0.872. The monoisotopic (exact) mass is 117 g/mol. The second kappa shape index (κ2) is 5.06. The van der Waals surface area contributed by atoms with Crippen LogP contribution in [0.1, 0.15) is 20.3 Å². The van der Waals surface area contributed by atoms with Crippen LogP contribution in [0.2, 0.25) is 0 Å². The van der Waals surface area contributed by atoms with Crippen molar-refractivity contribution in [3.8, 4) is 0 Å². The minimum absolute atomic E-state index is 0.111. The van der Waals surface area contributed by atoms with Crippen LogP contribution >= 0.6 is 0 Å². The molecule has 0 fully saturated rings. The predicted molar refractivity (Wildman–Crippen MR) is 32.1 cm³/mol. The van der Waals surface area contributed by atoms with Crippen LogP contribution < -0.4 is 0 Å². The highest BCUT2D eigenvalue weighted by molar-refractivity contribution is 4.35. The Bertz CT molecular complexity index is 41.8. The average molecular weight is 117 g/mol. The van der Waals surface area contributed by atoms with Gasteiger partial charge in [0.1, 0.15) is 0 Å². The summed E-state index contributed by atoms with van der Waals surface area (Å²) in [5.74, 6) is 0. The smallest absolute Gasteiger partial charge is 0.157 e. The van der Waals surface area contributed by atoms with Crippen molar-refractivity contribution in [2.75, 3.05) is 6.61 Å². The second-order valence-electron chi connectivity index (χ2n) is 1.46. The summed E-state index contributed by atoms with van der Waals surface area (Å²) in [6, 6.07) is 0. The third kappa shape index (κ3) is 2.99. The summed E-state index contributed by atoms with van der Waals surface area (Å²) in [5.41, 5.74) is 0. The Morgan fingerprint density at radius 1 is 1.50 bits per heavy atom. The van der Waals surface area contributed by atoms with Crippen molar-refractivity contribution in [2.45, 2.75) is 26.6 Å². The Morgan fingerprint density at radius 2 is 2.12 bits per heavy atom. The van der Waals surface area contributed by atoms with Crippen molar-refractivity contribution < 1.29 is 9.47 Å². The molecular formula is C6H13O2. The quantitative estimate of drug-likeness (QED) is 0.520. The molecule has 0 saturated carbocycles. The fourth-order valence-corrected chi connectivity index (χ4v) is 0.470. The van der Waals surface area contributed by atoms with Gasteiger partial charge >= 0.3 is 0 Å². The largest absolute Gasteiger partial charge is 0.353 e. The van der Waals surface area contributed by atoms with Crippen LogP contribution in [0.15, 0.2) is 0 Å². The molecule has 0 N–H and O–H groups in total. The number of ether oxygens (including phenoxy) is 2. The number of rotatable bonds is 4. The van der Waals surface area contributed by atoms with Gasteiger partial charge in [0.15, 0.2) is 6.29 Å². The molecule has 0 aliphatic carbocycles. The molecule has 1 radical (unpaired) electrons. The van der Waals surface area contributed by atoms with Gasteiger partial charge in [0.2, 0.25) is 0 Å². The zero-order valence-corrected chi connectivity index (χ0v) is 5.52. The van der Waals surface area contributed by atoms with E-state index in [0.717, 1.165) is 6.42 Å². The first-order valence-corrected chi connectivity index (χ1v) is 2.87. The molecule has 8 heavy (non-hydrogen) atoms. The Kier molecular flexibility index (Phi) is 5.01. The van der Waals surface area contributed by atoms with Crippen LogP contribution in [0.5, 0.6) is 0 Å². The van der Waals surface area contributed by atoms with E-state index in [9.17, 15) is 0 Å². The van der Waals surface area contributed by atoms with E-state index in [1.54, 1.807) is 0 Å². The first kappa shape index (κ1) is 7.92. The van der Waals surface area contributed by atoms with Gasteiger partial charge in [-0.3, -0.25) is 0 Å². The van der Waals surface area contributed by atoms with Gasteiger partial charge in [0.05, 0.1) is 7.11 Å². The molecular weight excluding hydrogens is 104 g/mol. The average Bonchev–Trinajstić information content (AvgIpc) is 1.83. The Labute approximate surface area is 50.8 Å². The number of hydrogen-bond donors (Lipinski definition) is 0. The highest BCUT2D eigenvalue weighted by Gasteiger charge is 1.99. The van der Waals surface area contributed by atoms with Crippen molar-refractivity contribution in [3.05, 3.63) is 7.11 Å². The molecule has 0 saturated heterocycles. The first-order valence-electron chi connectivity index (χ1n) is 2.87. The number of hydrogen-bond acceptors (Lipinski definition) is 2. The maximum Gasteiger partial charge on any atom is 0.157 e. The van der Waals surface area contributed by atoms with Crippen LogP contribution in [0, 0.1) is 7.11 Å². The highest BCUT2D eigenvalue weighted by Crippen LogP contribution is 1.97. The first-order chi connectivity index (χ1) is 3.85. The van der Waals surface area contributed by atoms with Crippen molar-refractivity contribution in [1.29, 1.82) is 0 Å². The van der Waals surface area contributed by atoms with E-state index in [2.05, 4.69) is 11.8 Å². The van der Waals surface area contributed by atoms with Crippen molar-refractivity contribution >= 4 is 0 Å². The summed E-state index contributed by atoms with van der Waals surface area (Å²) >= 11 is 0. The predicted octanol–water partition coefficient (Wildman–Crippen LogP) is 1.57. The van der Waals surface area contributed by atoms with Gasteiger partial charge in [-0.15, -0.1) is 0 Å². The summed E-state index contributed by atoms with van der Waals surface area (Å²) in [6.45, 7) is 4.61. The van der Waals surface area contributed by atoms with E-state index >= 15 is 0 Å². The summed E-state index contributed by atoms with van der Waals surface area (Å²) in [6.07, 6.45) is 0.747. The van der Waals surface area contributed by atoms with Crippen molar-refractivity contribution in [2.24, 2.45) is 0 Å². The summed E-state index contributed by atoms with van der Waals surface area (Å²) in [5, 5.41) is 0. The highest BCUT2D eigenvalue weighted by atomic mass is 16.7. The normalized spacial score (nSPS) is 13.9. The molecule has 0 aromatic heterocycles. The molecule has 0 spiro atoms. The van der Waals surface area contributed by atoms with Crippen LogP contribution in [-0.4, -0.2) is 12.9 Å². The SMILES string of the molecule is [CH2]OC(CC)OCC. The molecule has 0 rings (SSSR count). The van der Waals surface area contributed by atoms with E-state index < -0.39 is 0 Å². The lowest BCUT2D eigenvalue weighted by atomic mass is 10.5. The molecule has 0 aromatic rings. The molecule has 1 unspecified atom stereocenters. The van der Waals surface area contributed by atoms with Crippen LogP contribution in [-0.2, 0) is 9.47 Å². The van der Waals surface area contributed by atoms with Gasteiger partial charge in [0, 0.05) is 6.61 Å². The lowest BCUT2D eigenvalue weighted by Gasteiger charge is -2.10. The van der Waals surface area contributed by atoms with Gasteiger partial charge in [-0.05, 0) is 13.3 Å². The van der Waals surface area contributed by atoms with Crippen molar-refractivity contribution in [1.82, 2.24) is 0 Å². The van der Waals surface area contributed by atoms with Gasteiger partial charge in [-0.1, -0.05) is 6.92 Å². The van der Waals surface area contributed by atoms with Gasteiger partial charge < -0.3 is 9.47 Å². The van der Waals surface area contributed by atoms with Gasteiger partial charge in [-0.2, -0.15) is 0 Å². The molecule has 0 aromatic carbocycles. The van der Waals surface area contributed by atoms with Crippen molar-refractivity contribution in [3.63, 3.8) is 0 Å². The lowest BCUT2D eigenvalue weighted by molar-refractivity contribution is -0.106. The van der Waals surface area contributed by atoms with Crippen LogP contribution in [0.4, 0.5) is 0 Å². The minimum Gasteiger partial charge on any atom is -0.353 e. The maximum atomic E-state index is 5.06. The van der Waals surface area contributed by atoms with E-state index in [1.807, 2.05) is 13.8 Å². The summed E-state index contributed by atoms with van der Waals surface area (Å²) in [7, 11) is 3.25.